The van der Waals surface area contributed by atoms with Crippen LogP contribution in [-0.4, -0.2) is 11.2 Å². The van der Waals surface area contributed by atoms with Crippen LogP contribution < -0.4 is 10.5 Å². The number of halogens is 2. The number of ether oxygens (including phenoxy) is 1. The Morgan fingerprint density at radius 1 is 1.35 bits per heavy atom. The lowest BCUT2D eigenvalue weighted by molar-refractivity contribution is 0.285. The molecule has 0 bridgehead atoms. The molecule has 0 fully saturated rings. The van der Waals surface area contributed by atoms with Crippen molar-refractivity contribution in [2.75, 3.05) is 0 Å². The summed E-state index contributed by atoms with van der Waals surface area (Å²) in [5.41, 5.74) is 7.43. The molecule has 2 rings (SSSR count). The topological polar surface area (TPSA) is 61.3 Å². The van der Waals surface area contributed by atoms with Gasteiger partial charge in [0.1, 0.15) is 23.8 Å². The summed E-state index contributed by atoms with van der Waals surface area (Å²) in [6.45, 7) is 4.03. The first-order chi connectivity index (χ1) is 9.45. The molecular weight excluding hydrogens is 299 g/mol. The minimum atomic E-state index is -0.0128. The van der Waals surface area contributed by atoms with Crippen molar-refractivity contribution in [2.45, 2.75) is 32.9 Å². The summed E-state index contributed by atoms with van der Waals surface area (Å²) < 4.78 is 10.7. The average Bonchev–Trinajstić information content (AvgIpc) is 2.73. The monoisotopic (exact) mass is 314 g/mol. The summed E-state index contributed by atoms with van der Waals surface area (Å²) in [5, 5.41) is 4.91. The number of nitrogens with zero attached hydrogens (tertiary/aromatic N) is 1. The predicted molar refractivity (Wildman–Crippen MR) is 79.4 cm³/mol. The Morgan fingerprint density at radius 2 is 2.10 bits per heavy atom. The minimum absolute atomic E-state index is 0.0128. The van der Waals surface area contributed by atoms with Crippen LogP contribution in [0, 0.1) is 6.92 Å². The lowest BCUT2D eigenvalue weighted by Gasteiger charge is -2.14. The largest absolute Gasteiger partial charge is 0.485 e. The fraction of sp³-hybridized carbons (Fsp3) is 0.357. The van der Waals surface area contributed by atoms with Gasteiger partial charge in [-0.25, -0.2) is 0 Å². The van der Waals surface area contributed by atoms with E-state index >= 15 is 0 Å². The van der Waals surface area contributed by atoms with E-state index in [-0.39, 0.29) is 12.6 Å². The van der Waals surface area contributed by atoms with Gasteiger partial charge < -0.3 is 15.0 Å². The normalized spacial score (nSPS) is 12.4. The highest BCUT2D eigenvalue weighted by molar-refractivity contribution is 6.35. The Hall–Kier alpha value is -1.23. The maximum Gasteiger partial charge on any atom is 0.141 e. The molecule has 0 radical (unpaired) electrons. The highest BCUT2D eigenvalue weighted by atomic mass is 35.5. The third-order valence-electron chi connectivity index (χ3n) is 2.67. The fourth-order valence-electron chi connectivity index (χ4n) is 1.91. The molecule has 2 N–H and O–H groups in total. The quantitative estimate of drug-likeness (QED) is 0.912. The van der Waals surface area contributed by atoms with Crippen LogP contribution in [0.25, 0.3) is 0 Å². The summed E-state index contributed by atoms with van der Waals surface area (Å²) in [6, 6.07) is 5.27. The number of aryl methyl sites for hydroxylation is 1. The Labute approximate surface area is 127 Å². The van der Waals surface area contributed by atoms with E-state index in [9.17, 15) is 0 Å². The van der Waals surface area contributed by atoms with E-state index in [1.807, 2.05) is 26.0 Å². The zero-order valence-corrected chi connectivity index (χ0v) is 12.8. The van der Waals surface area contributed by atoms with E-state index in [4.69, 9.17) is 38.2 Å². The molecule has 0 spiro atoms. The molecule has 1 aromatic heterocycles. The summed E-state index contributed by atoms with van der Waals surface area (Å²) in [4.78, 5) is 0. The molecular formula is C14H16Cl2N2O2. The molecule has 20 heavy (non-hydrogen) atoms. The van der Waals surface area contributed by atoms with E-state index in [0.717, 1.165) is 11.3 Å². The van der Waals surface area contributed by atoms with Crippen molar-refractivity contribution >= 4 is 23.2 Å². The van der Waals surface area contributed by atoms with Crippen LogP contribution in [-0.2, 0) is 13.0 Å². The summed E-state index contributed by atoms with van der Waals surface area (Å²) in [5.74, 6) is 1.33. The molecule has 1 unspecified atom stereocenters. The summed E-state index contributed by atoms with van der Waals surface area (Å²) >= 11 is 12.2. The van der Waals surface area contributed by atoms with Gasteiger partial charge in [0.25, 0.3) is 0 Å². The smallest absolute Gasteiger partial charge is 0.141 e. The first kappa shape index (κ1) is 15.2. The van der Waals surface area contributed by atoms with Crippen molar-refractivity contribution in [1.82, 2.24) is 5.16 Å². The van der Waals surface area contributed by atoms with Crippen molar-refractivity contribution in [3.63, 3.8) is 0 Å². The number of hydrogen-bond acceptors (Lipinski definition) is 4. The first-order valence-corrected chi connectivity index (χ1v) is 7.00. The van der Waals surface area contributed by atoms with Gasteiger partial charge in [-0.3, -0.25) is 0 Å². The zero-order valence-electron chi connectivity index (χ0n) is 11.3. The van der Waals surface area contributed by atoms with Crippen molar-refractivity contribution in [1.29, 1.82) is 0 Å². The van der Waals surface area contributed by atoms with Gasteiger partial charge in [0.05, 0.1) is 5.02 Å². The van der Waals surface area contributed by atoms with Crippen molar-refractivity contribution in [3.8, 4) is 5.75 Å². The maximum absolute atomic E-state index is 6.20. The second-order valence-corrected chi connectivity index (χ2v) is 5.62. The summed E-state index contributed by atoms with van der Waals surface area (Å²) in [6.07, 6.45) is 0.632. The number of nitrogens with two attached hydrogens (primary N) is 1. The number of aromatic nitrogens is 1. The van der Waals surface area contributed by atoms with Gasteiger partial charge in [0, 0.05) is 17.1 Å². The predicted octanol–water partition coefficient (Wildman–Crippen LogP) is 3.76. The van der Waals surface area contributed by atoms with Gasteiger partial charge in [-0.05, 0) is 38.0 Å². The van der Waals surface area contributed by atoms with Crippen LogP contribution in [0.15, 0.2) is 22.7 Å². The standard InChI is InChI=1S/C14H16Cl2N2O2/c1-8(17)3-10-5-11(15)6-13(16)14(10)19-7-12-4-9(2)20-18-12/h4-6,8H,3,7,17H2,1-2H3. The van der Waals surface area contributed by atoms with Gasteiger partial charge in [-0.2, -0.15) is 0 Å². The van der Waals surface area contributed by atoms with Crippen LogP contribution in [0.2, 0.25) is 10.0 Å². The van der Waals surface area contributed by atoms with E-state index in [1.165, 1.54) is 0 Å². The van der Waals surface area contributed by atoms with E-state index in [2.05, 4.69) is 5.16 Å². The number of rotatable bonds is 5. The van der Waals surface area contributed by atoms with Crippen molar-refractivity contribution in [3.05, 3.63) is 45.3 Å². The van der Waals surface area contributed by atoms with Gasteiger partial charge >= 0.3 is 0 Å². The minimum Gasteiger partial charge on any atom is -0.485 e. The lowest BCUT2D eigenvalue weighted by Crippen LogP contribution is -2.18. The molecule has 108 valence electrons. The molecule has 4 nitrogen and oxygen atoms in total. The van der Waals surface area contributed by atoms with Crippen LogP contribution in [0.5, 0.6) is 5.75 Å². The van der Waals surface area contributed by atoms with E-state index < -0.39 is 0 Å². The molecule has 0 aliphatic rings. The van der Waals surface area contributed by atoms with Gasteiger partial charge in [-0.15, -0.1) is 0 Å². The maximum atomic E-state index is 6.20. The van der Waals surface area contributed by atoms with Gasteiger partial charge in [0.15, 0.2) is 0 Å². The molecule has 0 aliphatic heterocycles. The molecule has 6 heteroatoms. The molecule has 0 saturated heterocycles. The molecule has 0 aliphatic carbocycles. The van der Waals surface area contributed by atoms with E-state index in [1.54, 1.807) is 6.07 Å². The van der Waals surface area contributed by atoms with Crippen molar-refractivity contribution in [2.24, 2.45) is 5.73 Å². The Morgan fingerprint density at radius 3 is 2.70 bits per heavy atom. The molecule has 1 aromatic carbocycles. The number of hydrogen-bond donors (Lipinski definition) is 1. The van der Waals surface area contributed by atoms with Crippen LogP contribution >= 0.6 is 23.2 Å². The molecule has 0 amide bonds. The first-order valence-electron chi connectivity index (χ1n) is 6.24. The second kappa shape index (κ2) is 6.48. The fourth-order valence-corrected chi connectivity index (χ4v) is 2.50. The molecule has 1 atom stereocenters. The van der Waals surface area contributed by atoms with Crippen LogP contribution in [0.3, 0.4) is 0 Å². The highest BCUT2D eigenvalue weighted by Crippen LogP contribution is 2.33. The van der Waals surface area contributed by atoms with Gasteiger partial charge in [-0.1, -0.05) is 28.4 Å². The van der Waals surface area contributed by atoms with Gasteiger partial charge in [0.2, 0.25) is 0 Å². The highest BCUT2D eigenvalue weighted by Gasteiger charge is 2.13. The summed E-state index contributed by atoms with van der Waals surface area (Å²) in [7, 11) is 0. The third-order valence-corrected chi connectivity index (χ3v) is 3.17. The third kappa shape index (κ3) is 3.88. The Bertz CT molecular complexity index is 597. The van der Waals surface area contributed by atoms with Crippen LogP contribution in [0.4, 0.5) is 0 Å². The Kier molecular flexibility index (Phi) is 4.91. The van der Waals surface area contributed by atoms with Crippen LogP contribution in [0.1, 0.15) is 23.9 Å². The average molecular weight is 315 g/mol. The van der Waals surface area contributed by atoms with E-state index in [0.29, 0.717) is 27.9 Å². The zero-order chi connectivity index (χ0) is 14.7. The number of benzene rings is 1. The molecule has 2 aromatic rings. The second-order valence-electron chi connectivity index (χ2n) is 4.77. The Balaban J connectivity index is 2.20. The molecule has 0 saturated carbocycles. The van der Waals surface area contributed by atoms with Crippen molar-refractivity contribution < 1.29 is 9.26 Å². The lowest BCUT2D eigenvalue weighted by atomic mass is 10.1. The molecule has 1 heterocycles. The SMILES string of the molecule is Cc1cc(COc2c(Cl)cc(Cl)cc2CC(C)N)no1.